The molecule has 0 amide bonds. The van der Waals surface area contributed by atoms with Crippen LogP contribution in [0.25, 0.3) is 0 Å². The van der Waals surface area contributed by atoms with Crippen molar-refractivity contribution in [2.75, 3.05) is 6.61 Å². The molecule has 0 spiro atoms. The Labute approximate surface area is 187 Å². The highest BCUT2D eigenvalue weighted by Gasteiger charge is 2.50. The second kappa shape index (κ2) is 7.90. The smallest absolute Gasteiger partial charge is 0.265 e. The van der Waals surface area contributed by atoms with E-state index >= 15 is 0 Å². The van der Waals surface area contributed by atoms with Gasteiger partial charge in [0.05, 0.1) is 11.5 Å². The van der Waals surface area contributed by atoms with Gasteiger partial charge in [-0.1, -0.05) is 75.7 Å². The molecule has 2 aromatic rings. The molecule has 0 aliphatic heterocycles. The maximum Gasteiger partial charge on any atom is 0.297 e. The van der Waals surface area contributed by atoms with Crippen LogP contribution in [0.3, 0.4) is 0 Å². The predicted molar refractivity (Wildman–Crippen MR) is 126 cm³/mol. The van der Waals surface area contributed by atoms with E-state index in [-0.39, 0.29) is 22.3 Å². The van der Waals surface area contributed by atoms with E-state index in [0.29, 0.717) is 11.8 Å². The number of benzene rings is 2. The Hall–Kier alpha value is -1.91. The number of rotatable bonds is 5. The van der Waals surface area contributed by atoms with Crippen LogP contribution in [-0.4, -0.2) is 15.0 Å². The molecule has 3 nitrogen and oxygen atoms in total. The van der Waals surface area contributed by atoms with E-state index in [1.165, 1.54) is 16.7 Å². The molecule has 1 unspecified atom stereocenters. The van der Waals surface area contributed by atoms with Gasteiger partial charge in [-0.25, -0.2) is 0 Å². The molecule has 3 atom stereocenters. The number of aryl methyl sites for hydroxylation is 2. The SMILES string of the molecule is Cc1ccc(S(=O)(=O)OC[C@@]2(C)C=CC[C@]3(C)c4ccc(C(C)C)cc4CCC23)cc1. The van der Waals surface area contributed by atoms with Gasteiger partial charge >= 0.3 is 0 Å². The van der Waals surface area contributed by atoms with Gasteiger partial charge in [-0.3, -0.25) is 4.18 Å². The summed E-state index contributed by atoms with van der Waals surface area (Å²) >= 11 is 0. The second-order valence-electron chi connectivity index (χ2n) is 10.2. The van der Waals surface area contributed by atoms with Gasteiger partial charge in [-0.15, -0.1) is 0 Å². The first-order chi connectivity index (χ1) is 14.6. The average molecular weight is 439 g/mol. The third-order valence-corrected chi connectivity index (χ3v) is 8.83. The van der Waals surface area contributed by atoms with Crippen molar-refractivity contribution in [3.8, 4) is 0 Å². The van der Waals surface area contributed by atoms with Gasteiger partial charge in [0.2, 0.25) is 0 Å². The van der Waals surface area contributed by atoms with E-state index in [2.05, 4.69) is 58.0 Å². The van der Waals surface area contributed by atoms with Gasteiger partial charge in [0.25, 0.3) is 10.1 Å². The molecule has 2 aliphatic carbocycles. The van der Waals surface area contributed by atoms with Gasteiger partial charge in [-0.2, -0.15) is 8.42 Å². The molecule has 2 aliphatic rings. The van der Waals surface area contributed by atoms with Crippen LogP contribution in [0.5, 0.6) is 0 Å². The topological polar surface area (TPSA) is 43.4 Å². The molecule has 0 N–H and O–H groups in total. The fourth-order valence-corrected chi connectivity index (χ4v) is 6.68. The monoisotopic (exact) mass is 438 g/mol. The van der Waals surface area contributed by atoms with Gasteiger partial charge < -0.3 is 0 Å². The predicted octanol–water partition coefficient (Wildman–Crippen LogP) is 6.31. The Morgan fingerprint density at radius 3 is 2.48 bits per heavy atom. The van der Waals surface area contributed by atoms with E-state index < -0.39 is 10.1 Å². The van der Waals surface area contributed by atoms with E-state index in [1.807, 2.05) is 6.92 Å². The summed E-state index contributed by atoms with van der Waals surface area (Å²) in [5, 5.41) is 0. The summed E-state index contributed by atoms with van der Waals surface area (Å²) in [6, 6.07) is 13.8. The molecular formula is C27H34O3S. The minimum absolute atomic E-state index is 0.0103. The second-order valence-corrected chi connectivity index (χ2v) is 11.8. The molecule has 0 aromatic heterocycles. The molecule has 0 bridgehead atoms. The standard InChI is InChI=1S/C27H34O3S/c1-19(2)21-9-13-24-22(17-21)10-14-25-26(4,15-6-16-27(24,25)5)18-30-31(28,29)23-11-7-20(3)8-12-23/h6-9,11-13,15,17,19,25H,10,14,16,18H2,1-5H3/t25?,26-,27-/m1/s1. The minimum atomic E-state index is -3.78. The van der Waals surface area contributed by atoms with Crippen molar-refractivity contribution in [2.24, 2.45) is 11.3 Å². The zero-order valence-electron chi connectivity index (χ0n) is 19.3. The molecule has 0 heterocycles. The van der Waals surface area contributed by atoms with Crippen LogP contribution in [0.4, 0.5) is 0 Å². The van der Waals surface area contributed by atoms with Crippen molar-refractivity contribution in [1.29, 1.82) is 0 Å². The molecule has 0 saturated carbocycles. The molecule has 166 valence electrons. The summed E-state index contributed by atoms with van der Waals surface area (Å²) in [5.74, 6) is 0.850. The number of hydrogen-bond donors (Lipinski definition) is 0. The largest absolute Gasteiger partial charge is 0.297 e. The fourth-order valence-electron chi connectivity index (χ4n) is 5.67. The van der Waals surface area contributed by atoms with E-state index in [0.717, 1.165) is 24.8 Å². The molecular weight excluding hydrogens is 404 g/mol. The van der Waals surface area contributed by atoms with E-state index in [9.17, 15) is 8.42 Å². The van der Waals surface area contributed by atoms with Crippen LogP contribution in [0, 0.1) is 18.3 Å². The van der Waals surface area contributed by atoms with Gasteiger partial charge in [0.15, 0.2) is 0 Å². The van der Waals surface area contributed by atoms with E-state index in [1.54, 1.807) is 24.3 Å². The van der Waals surface area contributed by atoms with Crippen LogP contribution >= 0.6 is 0 Å². The Bertz CT molecular complexity index is 1100. The minimum Gasteiger partial charge on any atom is -0.265 e. The molecule has 31 heavy (non-hydrogen) atoms. The average Bonchev–Trinajstić information content (AvgIpc) is 2.72. The first kappa shape index (κ1) is 22.3. The summed E-state index contributed by atoms with van der Waals surface area (Å²) in [4.78, 5) is 0.222. The van der Waals surface area contributed by atoms with Crippen molar-refractivity contribution < 1.29 is 12.6 Å². The summed E-state index contributed by atoms with van der Waals surface area (Å²) in [6.45, 7) is 11.1. The fraction of sp³-hybridized carbons (Fsp3) is 0.481. The third kappa shape index (κ3) is 4.01. The summed E-state index contributed by atoms with van der Waals surface area (Å²) < 4.78 is 31.3. The van der Waals surface area contributed by atoms with Gasteiger partial charge in [0.1, 0.15) is 0 Å². The highest BCUT2D eigenvalue weighted by molar-refractivity contribution is 7.86. The molecule has 2 aromatic carbocycles. The zero-order valence-corrected chi connectivity index (χ0v) is 20.1. The lowest BCUT2D eigenvalue weighted by atomic mass is 9.52. The van der Waals surface area contributed by atoms with Crippen molar-refractivity contribution in [2.45, 2.75) is 70.1 Å². The lowest BCUT2D eigenvalue weighted by Gasteiger charge is -2.52. The Morgan fingerprint density at radius 1 is 1.10 bits per heavy atom. The summed E-state index contributed by atoms with van der Waals surface area (Å²) in [7, 11) is -3.78. The molecule has 0 saturated heterocycles. The maximum atomic E-state index is 12.8. The molecule has 4 heteroatoms. The molecule has 4 rings (SSSR count). The van der Waals surface area contributed by atoms with Gasteiger partial charge in [-0.05, 0) is 72.3 Å². The van der Waals surface area contributed by atoms with Gasteiger partial charge in [0, 0.05) is 5.41 Å². The Morgan fingerprint density at radius 2 is 1.81 bits per heavy atom. The van der Waals surface area contributed by atoms with Crippen molar-refractivity contribution in [1.82, 2.24) is 0 Å². The Kier molecular flexibility index (Phi) is 5.68. The summed E-state index contributed by atoms with van der Waals surface area (Å²) in [6.07, 6.45) is 7.47. The van der Waals surface area contributed by atoms with Crippen molar-refractivity contribution in [3.63, 3.8) is 0 Å². The molecule has 0 fully saturated rings. The van der Waals surface area contributed by atoms with Crippen LogP contribution < -0.4 is 0 Å². The summed E-state index contributed by atoms with van der Waals surface area (Å²) in [5.41, 5.74) is 4.95. The van der Waals surface area contributed by atoms with E-state index in [4.69, 9.17) is 4.18 Å². The third-order valence-electron chi connectivity index (χ3n) is 7.55. The maximum absolute atomic E-state index is 12.8. The highest BCUT2D eigenvalue weighted by atomic mass is 32.2. The van der Waals surface area contributed by atoms with Crippen LogP contribution in [-0.2, 0) is 26.1 Å². The highest BCUT2D eigenvalue weighted by Crippen LogP contribution is 2.55. The lowest BCUT2D eigenvalue weighted by Crippen LogP contribution is -2.49. The van der Waals surface area contributed by atoms with Crippen LogP contribution in [0.15, 0.2) is 59.5 Å². The normalized spacial score (nSPS) is 27.7. The van der Waals surface area contributed by atoms with Crippen molar-refractivity contribution >= 4 is 10.1 Å². The number of hydrogen-bond acceptors (Lipinski definition) is 3. The number of allylic oxidation sites excluding steroid dienone is 1. The first-order valence-corrected chi connectivity index (χ1v) is 12.7. The first-order valence-electron chi connectivity index (χ1n) is 11.3. The van der Waals surface area contributed by atoms with Crippen LogP contribution in [0.2, 0.25) is 0 Å². The van der Waals surface area contributed by atoms with Crippen LogP contribution in [0.1, 0.15) is 68.7 Å². The van der Waals surface area contributed by atoms with Crippen molar-refractivity contribution in [3.05, 3.63) is 76.9 Å². The Balaban J connectivity index is 1.61. The zero-order chi connectivity index (χ0) is 22.4. The quantitative estimate of drug-likeness (QED) is 0.406. The molecule has 0 radical (unpaired) electrons. The lowest BCUT2D eigenvalue weighted by molar-refractivity contribution is 0.0643. The number of fused-ring (bicyclic) bond motifs is 3.